The average molecular weight is 385 g/mol. The maximum absolute atomic E-state index is 12.6. The molecule has 3 rings (SSSR count). The Morgan fingerprint density at radius 3 is 2.77 bits per heavy atom. The predicted octanol–water partition coefficient (Wildman–Crippen LogP) is 0.674. The minimum absolute atomic E-state index is 0.136. The lowest BCUT2D eigenvalue weighted by molar-refractivity contribution is -0.133. The third-order valence-corrected chi connectivity index (χ3v) is 7.26. The largest absolute Gasteiger partial charge is 0.364 e. The molecule has 1 amide bonds. The summed E-state index contributed by atoms with van der Waals surface area (Å²) in [5, 5.41) is 7.06. The van der Waals surface area contributed by atoms with Crippen molar-refractivity contribution in [1.29, 1.82) is 0 Å². The monoisotopic (exact) mass is 384 g/mol. The van der Waals surface area contributed by atoms with E-state index < -0.39 is 10.0 Å². The van der Waals surface area contributed by atoms with Crippen molar-refractivity contribution >= 4 is 15.9 Å². The van der Waals surface area contributed by atoms with E-state index in [9.17, 15) is 13.2 Å². The van der Waals surface area contributed by atoms with Crippen molar-refractivity contribution in [2.45, 2.75) is 31.9 Å². The van der Waals surface area contributed by atoms with Crippen LogP contribution >= 0.6 is 0 Å². The van der Waals surface area contributed by atoms with Crippen LogP contribution in [0.15, 0.2) is 16.9 Å². The van der Waals surface area contributed by atoms with E-state index in [4.69, 9.17) is 4.52 Å². The topological polar surface area (TPSA) is 95.8 Å². The van der Waals surface area contributed by atoms with Crippen LogP contribution in [-0.2, 0) is 20.6 Å². The maximum Gasteiger partial charge on any atom is 0.222 e. The highest BCUT2D eigenvalue weighted by atomic mass is 32.2. The zero-order chi connectivity index (χ0) is 18.6. The van der Waals surface area contributed by atoms with Crippen LogP contribution in [0.5, 0.6) is 0 Å². The summed E-state index contributed by atoms with van der Waals surface area (Å²) in [5.41, 5.74) is 0.401. The first-order chi connectivity index (χ1) is 12.5. The van der Waals surface area contributed by atoms with Gasteiger partial charge in [0, 0.05) is 38.7 Å². The van der Waals surface area contributed by atoms with Crippen LogP contribution in [0, 0.1) is 11.8 Å². The highest BCUT2D eigenvalue weighted by Gasteiger charge is 2.31. The van der Waals surface area contributed by atoms with E-state index in [-0.39, 0.29) is 11.7 Å². The fourth-order valence-electron chi connectivity index (χ4n) is 3.74. The molecule has 2 unspecified atom stereocenters. The third-order valence-electron chi connectivity index (χ3n) is 5.44. The van der Waals surface area contributed by atoms with Crippen molar-refractivity contribution < 1.29 is 17.7 Å². The molecule has 146 valence electrons. The lowest BCUT2D eigenvalue weighted by Crippen LogP contribution is -2.51. The van der Waals surface area contributed by atoms with Crippen molar-refractivity contribution in [1.82, 2.24) is 19.7 Å². The van der Waals surface area contributed by atoms with Gasteiger partial charge in [-0.05, 0) is 37.8 Å². The van der Waals surface area contributed by atoms with E-state index in [1.807, 2.05) is 0 Å². The molecule has 2 atom stereocenters. The molecule has 2 aliphatic heterocycles. The Balaban J connectivity index is 1.47. The average Bonchev–Trinajstić information content (AvgIpc) is 3.14. The molecule has 3 heterocycles. The highest BCUT2D eigenvalue weighted by molar-refractivity contribution is 7.88. The molecule has 0 aliphatic carbocycles. The number of hydrogen-bond acceptors (Lipinski definition) is 6. The SMILES string of the molecule is CC(CC(=O)N1CCN(S(=O)(=O)Cc2ccon2)CC1)C1CCCNC1. The number of nitrogens with one attached hydrogen (secondary N) is 1. The first-order valence-electron chi connectivity index (χ1n) is 9.31. The summed E-state index contributed by atoms with van der Waals surface area (Å²) >= 11 is 0. The number of amides is 1. The molecular weight excluding hydrogens is 356 g/mol. The van der Waals surface area contributed by atoms with Crippen molar-refractivity contribution in [2.75, 3.05) is 39.3 Å². The molecule has 8 nitrogen and oxygen atoms in total. The smallest absolute Gasteiger partial charge is 0.222 e. The number of piperazine rings is 1. The second-order valence-electron chi connectivity index (χ2n) is 7.31. The standard InChI is InChI=1S/C17H28N4O4S/c1-14(15-3-2-5-18-12-15)11-17(22)20-6-8-21(9-7-20)26(23,24)13-16-4-10-25-19-16/h4,10,14-15,18H,2-3,5-9,11-13H2,1H3. The summed E-state index contributed by atoms with van der Waals surface area (Å²) < 4.78 is 31.0. The number of rotatable bonds is 6. The van der Waals surface area contributed by atoms with Crippen LogP contribution in [0.3, 0.4) is 0 Å². The molecule has 0 bridgehead atoms. The number of carbonyl (C=O) groups excluding carboxylic acids is 1. The molecule has 2 aliphatic rings. The van der Waals surface area contributed by atoms with Crippen molar-refractivity contribution in [3.8, 4) is 0 Å². The van der Waals surface area contributed by atoms with Gasteiger partial charge >= 0.3 is 0 Å². The summed E-state index contributed by atoms with van der Waals surface area (Å²) in [6.07, 6.45) is 4.25. The van der Waals surface area contributed by atoms with Crippen LogP contribution in [0.25, 0.3) is 0 Å². The molecule has 0 aromatic carbocycles. The summed E-state index contributed by atoms with van der Waals surface area (Å²) in [6.45, 7) is 5.79. The quantitative estimate of drug-likeness (QED) is 0.775. The molecule has 9 heteroatoms. The van der Waals surface area contributed by atoms with Crippen LogP contribution in [0.4, 0.5) is 0 Å². The van der Waals surface area contributed by atoms with Crippen LogP contribution in [0.1, 0.15) is 31.9 Å². The number of piperidine rings is 1. The Hall–Kier alpha value is -1.45. The Morgan fingerprint density at radius 2 is 2.15 bits per heavy atom. The highest BCUT2D eigenvalue weighted by Crippen LogP contribution is 2.23. The van der Waals surface area contributed by atoms with Gasteiger partial charge in [-0.25, -0.2) is 8.42 Å². The zero-order valence-corrected chi connectivity index (χ0v) is 16.1. The van der Waals surface area contributed by atoms with E-state index >= 15 is 0 Å². The molecule has 0 radical (unpaired) electrons. The second kappa shape index (κ2) is 8.49. The zero-order valence-electron chi connectivity index (χ0n) is 15.3. The van der Waals surface area contributed by atoms with Gasteiger partial charge in [0.15, 0.2) is 0 Å². The van der Waals surface area contributed by atoms with E-state index in [2.05, 4.69) is 17.4 Å². The molecule has 2 fully saturated rings. The molecule has 0 spiro atoms. The van der Waals surface area contributed by atoms with E-state index in [1.54, 1.807) is 11.0 Å². The fourth-order valence-corrected chi connectivity index (χ4v) is 5.17. The molecule has 1 N–H and O–H groups in total. The van der Waals surface area contributed by atoms with Gasteiger partial charge in [-0.1, -0.05) is 12.1 Å². The Labute approximate surface area is 154 Å². The van der Waals surface area contributed by atoms with Gasteiger partial charge in [-0.15, -0.1) is 0 Å². The number of sulfonamides is 1. The van der Waals surface area contributed by atoms with Crippen LogP contribution in [-0.4, -0.2) is 68.0 Å². The van der Waals surface area contributed by atoms with Crippen molar-refractivity contribution in [3.63, 3.8) is 0 Å². The lowest BCUT2D eigenvalue weighted by Gasteiger charge is -2.35. The third kappa shape index (κ3) is 4.83. The molecule has 26 heavy (non-hydrogen) atoms. The Kier molecular flexibility index (Phi) is 6.31. The number of hydrogen-bond donors (Lipinski definition) is 1. The van der Waals surface area contributed by atoms with Crippen molar-refractivity contribution in [2.24, 2.45) is 11.8 Å². The van der Waals surface area contributed by atoms with Gasteiger partial charge in [-0.3, -0.25) is 4.79 Å². The molecule has 2 saturated heterocycles. The Morgan fingerprint density at radius 1 is 1.38 bits per heavy atom. The summed E-state index contributed by atoms with van der Waals surface area (Å²) in [7, 11) is -3.43. The Bertz CT molecular complexity index is 678. The van der Waals surface area contributed by atoms with E-state index in [0.29, 0.717) is 50.1 Å². The molecule has 1 aromatic heterocycles. The molecular formula is C17H28N4O4S. The minimum atomic E-state index is -3.43. The van der Waals surface area contributed by atoms with Gasteiger partial charge in [0.25, 0.3) is 0 Å². The van der Waals surface area contributed by atoms with Gasteiger partial charge in [0.2, 0.25) is 15.9 Å². The number of carbonyl (C=O) groups is 1. The van der Waals surface area contributed by atoms with Gasteiger partial charge in [0.05, 0.1) is 5.69 Å². The summed E-state index contributed by atoms with van der Waals surface area (Å²) in [5.74, 6) is 0.876. The van der Waals surface area contributed by atoms with Crippen molar-refractivity contribution in [3.05, 3.63) is 18.0 Å². The second-order valence-corrected chi connectivity index (χ2v) is 9.28. The van der Waals surface area contributed by atoms with Crippen LogP contribution < -0.4 is 5.32 Å². The predicted molar refractivity (Wildman–Crippen MR) is 96.7 cm³/mol. The van der Waals surface area contributed by atoms with Crippen LogP contribution in [0.2, 0.25) is 0 Å². The first kappa shape index (κ1) is 19.3. The summed E-state index contributed by atoms with van der Waals surface area (Å²) in [6, 6.07) is 1.55. The number of nitrogens with zero attached hydrogens (tertiary/aromatic N) is 3. The van der Waals surface area contributed by atoms with Gasteiger partial charge in [0.1, 0.15) is 12.0 Å². The first-order valence-corrected chi connectivity index (χ1v) is 10.9. The minimum Gasteiger partial charge on any atom is -0.364 e. The molecule has 1 aromatic rings. The van der Waals surface area contributed by atoms with E-state index in [1.165, 1.54) is 23.4 Å². The normalized spacial score (nSPS) is 23.7. The maximum atomic E-state index is 12.6. The van der Waals surface area contributed by atoms with Gasteiger partial charge < -0.3 is 14.7 Å². The number of aromatic nitrogens is 1. The fraction of sp³-hybridized carbons (Fsp3) is 0.765. The van der Waals surface area contributed by atoms with E-state index in [0.717, 1.165) is 13.1 Å². The lowest BCUT2D eigenvalue weighted by atomic mass is 9.85. The molecule has 0 saturated carbocycles. The van der Waals surface area contributed by atoms with Gasteiger partial charge in [-0.2, -0.15) is 4.31 Å². The summed E-state index contributed by atoms with van der Waals surface area (Å²) in [4.78, 5) is 14.4.